The number of thiophene rings is 1. The highest BCUT2D eigenvalue weighted by Crippen LogP contribution is 2.49. The molecular weight excluding hydrogens is 536 g/mol. The lowest BCUT2D eigenvalue weighted by molar-refractivity contribution is -0.123. The molecule has 2 aromatic heterocycles. The lowest BCUT2D eigenvalue weighted by atomic mass is 10.0. The molecule has 1 unspecified atom stereocenters. The smallest absolute Gasteiger partial charge is 0.240 e. The van der Waals surface area contributed by atoms with Gasteiger partial charge in [-0.05, 0) is 48.6 Å². The average Bonchev–Trinajstić information content (AvgIpc) is 3.54. The third-order valence-electron chi connectivity index (χ3n) is 6.30. The van der Waals surface area contributed by atoms with Crippen molar-refractivity contribution < 1.29 is 9.59 Å². The van der Waals surface area contributed by atoms with Gasteiger partial charge in [-0.2, -0.15) is 5.10 Å². The van der Waals surface area contributed by atoms with Crippen LogP contribution in [-0.4, -0.2) is 40.4 Å². The minimum Gasteiger partial charge on any atom is -0.354 e. The molecule has 2 aromatic carbocycles. The van der Waals surface area contributed by atoms with Crippen molar-refractivity contribution in [1.29, 1.82) is 0 Å². The van der Waals surface area contributed by atoms with E-state index in [4.69, 9.17) is 16.7 Å². The minimum atomic E-state index is -0.192. The van der Waals surface area contributed by atoms with Crippen molar-refractivity contribution in [2.24, 2.45) is 5.92 Å². The number of benzene rings is 2. The van der Waals surface area contributed by atoms with Crippen LogP contribution in [0.15, 0.2) is 66.0 Å². The van der Waals surface area contributed by atoms with Crippen LogP contribution < -0.4 is 10.2 Å². The number of halogens is 1. The lowest BCUT2D eigenvalue weighted by Crippen LogP contribution is -2.43. The maximum absolute atomic E-state index is 13.7. The lowest BCUT2D eigenvalue weighted by Gasteiger charge is -2.23. The van der Waals surface area contributed by atoms with Crippen molar-refractivity contribution in [3.05, 3.63) is 87.1 Å². The molecule has 0 spiro atoms. The largest absolute Gasteiger partial charge is 0.354 e. The summed E-state index contributed by atoms with van der Waals surface area (Å²) < 4.78 is 1.82. The van der Waals surface area contributed by atoms with Crippen LogP contribution in [0.5, 0.6) is 0 Å². The molecule has 38 heavy (non-hydrogen) atoms. The number of nitrogens with one attached hydrogen (secondary N) is 1. The number of hydrogen-bond donors (Lipinski definition) is 1. The second-order valence-electron chi connectivity index (χ2n) is 9.72. The van der Waals surface area contributed by atoms with E-state index in [-0.39, 0.29) is 29.4 Å². The van der Waals surface area contributed by atoms with Crippen molar-refractivity contribution >= 4 is 52.3 Å². The fourth-order valence-electron chi connectivity index (χ4n) is 4.39. The number of hydrogen-bond acceptors (Lipinski definition) is 5. The molecule has 196 valence electrons. The van der Waals surface area contributed by atoms with Crippen LogP contribution in [0.4, 0.5) is 5.82 Å². The third kappa shape index (κ3) is 5.53. The Bertz CT molecular complexity index is 1430. The highest BCUT2D eigenvalue weighted by atomic mass is 35.5. The van der Waals surface area contributed by atoms with Crippen molar-refractivity contribution in [2.75, 3.05) is 23.7 Å². The first-order valence-corrected chi connectivity index (χ1v) is 14.8. The molecule has 0 bridgehead atoms. The number of carbonyl (C=O) groups is 2. The molecule has 1 aliphatic heterocycles. The predicted molar refractivity (Wildman–Crippen MR) is 158 cm³/mol. The van der Waals surface area contributed by atoms with E-state index in [9.17, 15) is 9.59 Å². The molecule has 1 N–H and O–H groups in total. The summed E-state index contributed by atoms with van der Waals surface area (Å²) in [5, 5.41) is 10.6. The first kappa shape index (κ1) is 26.5. The number of nitrogens with zero attached hydrogens (tertiary/aromatic N) is 3. The molecule has 0 saturated heterocycles. The third-order valence-corrected chi connectivity index (χ3v) is 8.87. The molecule has 9 heteroatoms. The number of fused-ring (bicyclic) bond motifs is 1. The summed E-state index contributed by atoms with van der Waals surface area (Å²) in [6, 6.07) is 19.7. The Hall–Kier alpha value is -3.07. The number of amides is 2. The summed E-state index contributed by atoms with van der Waals surface area (Å²) >= 11 is 9.45. The number of aryl methyl sites for hydroxylation is 1. The van der Waals surface area contributed by atoms with Crippen LogP contribution >= 0.6 is 34.7 Å². The van der Waals surface area contributed by atoms with E-state index in [1.807, 2.05) is 85.4 Å². The molecule has 1 atom stereocenters. The van der Waals surface area contributed by atoms with Crippen LogP contribution in [0, 0.1) is 12.8 Å². The molecule has 2 amide bonds. The molecule has 5 rings (SSSR count). The Morgan fingerprint density at radius 2 is 1.87 bits per heavy atom. The highest BCUT2D eigenvalue weighted by molar-refractivity contribution is 8.00. The summed E-state index contributed by atoms with van der Waals surface area (Å²) in [6.07, 6.45) is 0. The van der Waals surface area contributed by atoms with E-state index >= 15 is 0 Å². The van der Waals surface area contributed by atoms with E-state index in [0.717, 1.165) is 32.9 Å². The minimum absolute atomic E-state index is 0.0755. The van der Waals surface area contributed by atoms with Crippen LogP contribution in [0.25, 0.3) is 16.9 Å². The molecule has 4 aromatic rings. The van der Waals surface area contributed by atoms with Gasteiger partial charge in [-0.25, -0.2) is 4.68 Å². The average molecular weight is 565 g/mol. The van der Waals surface area contributed by atoms with Gasteiger partial charge in [0.15, 0.2) is 0 Å². The van der Waals surface area contributed by atoms with Gasteiger partial charge >= 0.3 is 0 Å². The molecular formula is C29H29ClN4O2S2. The molecule has 0 aliphatic carbocycles. The molecule has 0 radical (unpaired) electrons. The van der Waals surface area contributed by atoms with Gasteiger partial charge in [0, 0.05) is 27.6 Å². The zero-order valence-electron chi connectivity index (χ0n) is 21.5. The molecule has 1 aliphatic rings. The van der Waals surface area contributed by atoms with E-state index in [0.29, 0.717) is 23.3 Å². The van der Waals surface area contributed by atoms with E-state index in [1.54, 1.807) is 28.0 Å². The van der Waals surface area contributed by atoms with Gasteiger partial charge in [0.05, 0.1) is 22.4 Å². The second kappa shape index (κ2) is 11.4. The number of carbonyl (C=O) groups excluding carboxylic acids is 2. The van der Waals surface area contributed by atoms with E-state index in [2.05, 4.69) is 11.4 Å². The van der Waals surface area contributed by atoms with Gasteiger partial charge < -0.3 is 5.32 Å². The first-order valence-electron chi connectivity index (χ1n) is 12.5. The highest BCUT2D eigenvalue weighted by Gasteiger charge is 2.38. The van der Waals surface area contributed by atoms with Crippen molar-refractivity contribution in [3.8, 4) is 16.9 Å². The predicted octanol–water partition coefficient (Wildman–Crippen LogP) is 6.50. The Morgan fingerprint density at radius 1 is 1.13 bits per heavy atom. The summed E-state index contributed by atoms with van der Waals surface area (Å²) in [7, 11) is 0. The van der Waals surface area contributed by atoms with Gasteiger partial charge in [0.25, 0.3) is 0 Å². The van der Waals surface area contributed by atoms with E-state index < -0.39 is 0 Å². The monoisotopic (exact) mass is 564 g/mol. The topological polar surface area (TPSA) is 67.2 Å². The van der Waals surface area contributed by atoms with Gasteiger partial charge in [0.2, 0.25) is 11.8 Å². The first-order chi connectivity index (χ1) is 18.3. The van der Waals surface area contributed by atoms with E-state index in [1.165, 1.54) is 0 Å². The maximum Gasteiger partial charge on any atom is 0.240 e. The molecule has 3 heterocycles. The number of rotatable bonds is 7. The van der Waals surface area contributed by atoms with Crippen LogP contribution in [0.2, 0.25) is 5.02 Å². The van der Waals surface area contributed by atoms with Gasteiger partial charge in [-0.1, -0.05) is 61.3 Å². The van der Waals surface area contributed by atoms with Crippen LogP contribution in [0.3, 0.4) is 0 Å². The Labute approximate surface area is 236 Å². The normalized spacial score (nSPS) is 15.4. The fourth-order valence-corrected chi connectivity index (χ4v) is 6.69. The van der Waals surface area contributed by atoms with Crippen molar-refractivity contribution in [1.82, 2.24) is 15.1 Å². The SMILES string of the molecule is Cc1ccc(-n2nc(-c3ccc(Cl)cc3)c3c2N(CC(=O)NCC(C)C)C(=O)CSC3c2cccs2)cc1. The summed E-state index contributed by atoms with van der Waals surface area (Å²) in [5.41, 5.74) is 4.53. The van der Waals surface area contributed by atoms with Gasteiger partial charge in [0.1, 0.15) is 12.4 Å². The Kier molecular flexibility index (Phi) is 7.93. The quantitative estimate of drug-likeness (QED) is 0.278. The summed E-state index contributed by atoms with van der Waals surface area (Å²) in [6.45, 7) is 6.59. The van der Waals surface area contributed by atoms with Gasteiger partial charge in [-0.3, -0.25) is 14.5 Å². The molecule has 6 nitrogen and oxygen atoms in total. The number of aromatic nitrogens is 2. The zero-order valence-corrected chi connectivity index (χ0v) is 23.9. The summed E-state index contributed by atoms with van der Waals surface area (Å²) in [5.74, 6) is 0.880. The molecule has 0 fully saturated rings. The number of anilines is 1. The fraction of sp³-hybridized carbons (Fsp3) is 0.276. The standard InChI is InChI=1S/C29H29ClN4O2S2/c1-18(2)15-31-24(35)16-33-25(36)17-38-28(23-5-4-14-37-23)26-27(20-8-10-21(30)11-9-20)32-34(29(26)33)22-12-6-19(3)7-13-22/h4-14,18,28H,15-17H2,1-3H3,(H,31,35). The van der Waals surface area contributed by atoms with Crippen molar-refractivity contribution in [3.63, 3.8) is 0 Å². The number of thioether (sulfide) groups is 1. The van der Waals surface area contributed by atoms with Crippen molar-refractivity contribution in [2.45, 2.75) is 26.0 Å². The summed E-state index contributed by atoms with van der Waals surface area (Å²) in [4.78, 5) is 29.5. The molecule has 0 saturated carbocycles. The maximum atomic E-state index is 13.7. The van der Waals surface area contributed by atoms with Crippen LogP contribution in [0.1, 0.15) is 35.1 Å². The zero-order chi connectivity index (χ0) is 26.8. The Balaban J connectivity index is 1.74. The van der Waals surface area contributed by atoms with Crippen LogP contribution in [-0.2, 0) is 9.59 Å². The Morgan fingerprint density at radius 3 is 2.53 bits per heavy atom. The van der Waals surface area contributed by atoms with Gasteiger partial charge in [-0.15, -0.1) is 23.1 Å². The second-order valence-corrected chi connectivity index (χ2v) is 12.2.